The van der Waals surface area contributed by atoms with Gasteiger partial charge in [0.05, 0.1) is 45.2 Å². The van der Waals surface area contributed by atoms with Crippen molar-refractivity contribution >= 4 is 40.3 Å². The molecule has 0 amide bonds. The van der Waals surface area contributed by atoms with E-state index in [-0.39, 0.29) is 0 Å². The molecule has 0 atom stereocenters. The lowest BCUT2D eigenvalue weighted by molar-refractivity contribution is 0.122. The van der Waals surface area contributed by atoms with Crippen LogP contribution in [-0.2, 0) is 4.74 Å². The highest BCUT2D eigenvalue weighted by atomic mass is 35.5. The molecule has 1 fully saturated rings. The zero-order valence-corrected chi connectivity index (χ0v) is 16.8. The standard InChI is InChI=1S/C19H20ClN5OS/c1-12-18(27-13(2)22-12)16-5-6-21-19(24-16)23-14-3-4-17(15(20)11-14)25-7-9-26-10-8-25/h3-6,11H,7-10H2,1-2H3,(H,21,23,24). The molecule has 2 aromatic heterocycles. The van der Waals surface area contributed by atoms with Gasteiger partial charge in [-0.2, -0.15) is 0 Å². The van der Waals surface area contributed by atoms with Crippen molar-refractivity contribution in [2.24, 2.45) is 0 Å². The average Bonchev–Trinajstić information content (AvgIpc) is 3.01. The molecule has 3 heterocycles. The molecular formula is C19H20ClN5OS. The SMILES string of the molecule is Cc1nc(C)c(-c2ccnc(Nc3ccc(N4CCOCC4)c(Cl)c3)n2)s1. The van der Waals surface area contributed by atoms with Crippen LogP contribution in [0.3, 0.4) is 0 Å². The Morgan fingerprint density at radius 1 is 1.15 bits per heavy atom. The summed E-state index contributed by atoms with van der Waals surface area (Å²) in [6, 6.07) is 7.83. The summed E-state index contributed by atoms with van der Waals surface area (Å²) in [7, 11) is 0. The Bertz CT molecular complexity index is 955. The molecule has 3 aromatic rings. The van der Waals surface area contributed by atoms with Crippen molar-refractivity contribution in [2.45, 2.75) is 13.8 Å². The number of nitrogens with one attached hydrogen (secondary N) is 1. The summed E-state index contributed by atoms with van der Waals surface area (Å²) in [5.41, 5.74) is 3.73. The maximum absolute atomic E-state index is 6.51. The topological polar surface area (TPSA) is 63.2 Å². The number of halogens is 1. The predicted octanol–water partition coefficient (Wildman–Crippen LogP) is 4.45. The molecule has 1 N–H and O–H groups in total. The number of benzene rings is 1. The van der Waals surface area contributed by atoms with Crippen molar-refractivity contribution in [3.05, 3.63) is 46.2 Å². The van der Waals surface area contributed by atoms with Crippen LogP contribution >= 0.6 is 22.9 Å². The second-order valence-corrected chi connectivity index (χ2v) is 7.91. The van der Waals surface area contributed by atoms with E-state index in [1.54, 1.807) is 17.5 Å². The van der Waals surface area contributed by atoms with Crippen LogP contribution in [0.25, 0.3) is 10.6 Å². The van der Waals surface area contributed by atoms with Crippen molar-refractivity contribution in [2.75, 3.05) is 36.5 Å². The van der Waals surface area contributed by atoms with Gasteiger partial charge in [-0.15, -0.1) is 11.3 Å². The zero-order chi connectivity index (χ0) is 18.8. The second kappa shape index (κ2) is 7.80. The van der Waals surface area contributed by atoms with E-state index in [0.717, 1.165) is 59.0 Å². The Labute approximate surface area is 167 Å². The summed E-state index contributed by atoms with van der Waals surface area (Å²) in [6.07, 6.45) is 1.75. The highest BCUT2D eigenvalue weighted by Crippen LogP contribution is 2.31. The Kier molecular flexibility index (Phi) is 5.24. The maximum Gasteiger partial charge on any atom is 0.227 e. The monoisotopic (exact) mass is 401 g/mol. The van der Waals surface area contributed by atoms with E-state index in [0.29, 0.717) is 11.0 Å². The first kappa shape index (κ1) is 18.2. The molecule has 1 aliphatic heterocycles. The largest absolute Gasteiger partial charge is 0.378 e. The van der Waals surface area contributed by atoms with Gasteiger partial charge in [-0.3, -0.25) is 0 Å². The molecular weight excluding hydrogens is 382 g/mol. The Balaban J connectivity index is 1.55. The number of anilines is 3. The van der Waals surface area contributed by atoms with E-state index in [4.69, 9.17) is 16.3 Å². The number of rotatable bonds is 4. The van der Waals surface area contributed by atoms with Gasteiger partial charge in [0.15, 0.2) is 0 Å². The van der Waals surface area contributed by atoms with E-state index < -0.39 is 0 Å². The molecule has 0 spiro atoms. The molecule has 1 aliphatic rings. The molecule has 1 aromatic carbocycles. The zero-order valence-electron chi connectivity index (χ0n) is 15.2. The lowest BCUT2D eigenvalue weighted by atomic mass is 10.2. The molecule has 1 saturated heterocycles. The van der Waals surface area contributed by atoms with E-state index >= 15 is 0 Å². The number of hydrogen-bond acceptors (Lipinski definition) is 7. The smallest absolute Gasteiger partial charge is 0.227 e. The quantitative estimate of drug-likeness (QED) is 0.696. The molecule has 8 heteroatoms. The van der Waals surface area contributed by atoms with Gasteiger partial charge in [-0.1, -0.05) is 11.6 Å². The van der Waals surface area contributed by atoms with Crippen LogP contribution < -0.4 is 10.2 Å². The van der Waals surface area contributed by atoms with Crippen molar-refractivity contribution < 1.29 is 4.74 Å². The van der Waals surface area contributed by atoms with Crippen molar-refractivity contribution in [1.82, 2.24) is 15.0 Å². The summed E-state index contributed by atoms with van der Waals surface area (Å²) in [5.74, 6) is 0.535. The molecule has 4 rings (SSSR count). The number of ether oxygens (including phenoxy) is 1. The van der Waals surface area contributed by atoms with Crippen molar-refractivity contribution in [3.8, 4) is 10.6 Å². The van der Waals surface area contributed by atoms with Crippen LogP contribution in [0.2, 0.25) is 5.02 Å². The molecule has 6 nitrogen and oxygen atoms in total. The Hall–Kier alpha value is -2.22. The van der Waals surface area contributed by atoms with Crippen molar-refractivity contribution in [3.63, 3.8) is 0 Å². The fraction of sp³-hybridized carbons (Fsp3) is 0.316. The first-order valence-electron chi connectivity index (χ1n) is 8.77. The third-order valence-corrected chi connectivity index (χ3v) is 5.75. The highest BCUT2D eigenvalue weighted by molar-refractivity contribution is 7.15. The highest BCUT2D eigenvalue weighted by Gasteiger charge is 2.15. The summed E-state index contributed by atoms with van der Waals surface area (Å²) >= 11 is 8.15. The van der Waals surface area contributed by atoms with E-state index in [1.807, 2.05) is 38.1 Å². The van der Waals surface area contributed by atoms with Crippen LogP contribution in [0.1, 0.15) is 10.7 Å². The van der Waals surface area contributed by atoms with Gasteiger partial charge in [0, 0.05) is 25.0 Å². The minimum atomic E-state index is 0.535. The van der Waals surface area contributed by atoms with Gasteiger partial charge in [0.1, 0.15) is 0 Å². The van der Waals surface area contributed by atoms with Crippen molar-refractivity contribution in [1.29, 1.82) is 0 Å². The minimum Gasteiger partial charge on any atom is -0.378 e. The van der Waals surface area contributed by atoms with Gasteiger partial charge >= 0.3 is 0 Å². The fourth-order valence-electron chi connectivity index (χ4n) is 3.09. The number of morpholine rings is 1. The Morgan fingerprint density at radius 3 is 2.67 bits per heavy atom. The summed E-state index contributed by atoms with van der Waals surface area (Å²) in [6.45, 7) is 7.16. The molecule has 0 saturated carbocycles. The normalized spacial score (nSPS) is 14.4. The minimum absolute atomic E-state index is 0.535. The number of aryl methyl sites for hydroxylation is 2. The average molecular weight is 402 g/mol. The number of nitrogens with zero attached hydrogens (tertiary/aromatic N) is 4. The summed E-state index contributed by atoms with van der Waals surface area (Å²) in [4.78, 5) is 16.7. The lowest BCUT2D eigenvalue weighted by Gasteiger charge is -2.29. The molecule has 0 unspecified atom stereocenters. The number of aromatic nitrogens is 3. The van der Waals surface area contributed by atoms with Crippen LogP contribution in [0.5, 0.6) is 0 Å². The maximum atomic E-state index is 6.51. The second-order valence-electron chi connectivity index (χ2n) is 6.30. The third-order valence-electron chi connectivity index (χ3n) is 4.35. The molecule has 0 aliphatic carbocycles. The van der Waals surface area contributed by atoms with Gasteiger partial charge < -0.3 is 15.0 Å². The molecule has 0 radical (unpaired) electrons. The summed E-state index contributed by atoms with van der Waals surface area (Å²) in [5, 5.41) is 4.98. The molecule has 140 valence electrons. The van der Waals surface area contributed by atoms with Crippen LogP contribution in [-0.4, -0.2) is 41.3 Å². The summed E-state index contributed by atoms with van der Waals surface area (Å²) < 4.78 is 5.40. The van der Waals surface area contributed by atoms with E-state index in [1.165, 1.54) is 0 Å². The third kappa shape index (κ3) is 4.05. The van der Waals surface area contributed by atoms with E-state index in [9.17, 15) is 0 Å². The van der Waals surface area contributed by atoms with Gasteiger partial charge in [0.25, 0.3) is 0 Å². The van der Waals surface area contributed by atoms with Crippen LogP contribution in [0.4, 0.5) is 17.3 Å². The van der Waals surface area contributed by atoms with Gasteiger partial charge in [0.2, 0.25) is 5.95 Å². The first-order valence-corrected chi connectivity index (χ1v) is 9.96. The molecule has 0 bridgehead atoms. The Morgan fingerprint density at radius 2 is 1.96 bits per heavy atom. The molecule has 27 heavy (non-hydrogen) atoms. The first-order chi connectivity index (χ1) is 13.1. The van der Waals surface area contributed by atoms with Gasteiger partial charge in [-0.25, -0.2) is 15.0 Å². The predicted molar refractivity (Wildman–Crippen MR) is 110 cm³/mol. The van der Waals surface area contributed by atoms with Gasteiger partial charge in [-0.05, 0) is 38.1 Å². The number of hydrogen-bond donors (Lipinski definition) is 1. The van der Waals surface area contributed by atoms with Crippen LogP contribution in [0, 0.1) is 13.8 Å². The number of thiazole rings is 1. The van der Waals surface area contributed by atoms with Crippen LogP contribution in [0.15, 0.2) is 30.5 Å². The van der Waals surface area contributed by atoms with E-state index in [2.05, 4.69) is 25.2 Å². The lowest BCUT2D eigenvalue weighted by Crippen LogP contribution is -2.36. The fourth-order valence-corrected chi connectivity index (χ4v) is 4.28.